The van der Waals surface area contributed by atoms with Gasteiger partial charge < -0.3 is 0 Å². The van der Waals surface area contributed by atoms with E-state index < -0.39 is 0 Å². The lowest BCUT2D eigenvalue weighted by Crippen LogP contribution is -1.96. The monoisotopic (exact) mass is 137 g/mol. The van der Waals surface area contributed by atoms with E-state index in [2.05, 4.69) is 10.1 Å². The van der Waals surface area contributed by atoms with Gasteiger partial charge in [-0.3, -0.25) is 4.68 Å². The third-order valence-electron chi connectivity index (χ3n) is 1.85. The molecule has 0 aromatic carbocycles. The molecule has 0 spiro atoms. The number of hydrogen-bond donors (Lipinski definition) is 0. The van der Waals surface area contributed by atoms with Crippen LogP contribution in [0.2, 0.25) is 0 Å². The summed E-state index contributed by atoms with van der Waals surface area (Å²) in [5.41, 5.74) is 0. The Labute approximate surface area is 60.1 Å². The van der Waals surface area contributed by atoms with E-state index in [1.165, 1.54) is 12.8 Å². The van der Waals surface area contributed by atoms with Crippen LogP contribution in [0.5, 0.6) is 0 Å². The molecule has 0 N–H and O–H groups in total. The SMILES string of the molecule is Cc1nc(C2CC2)n(C)n1. The second kappa shape index (κ2) is 1.81. The van der Waals surface area contributed by atoms with Crippen LogP contribution in [0.15, 0.2) is 0 Å². The molecular weight excluding hydrogens is 126 g/mol. The molecule has 0 atom stereocenters. The van der Waals surface area contributed by atoms with Crippen molar-refractivity contribution in [2.24, 2.45) is 7.05 Å². The van der Waals surface area contributed by atoms with Gasteiger partial charge in [-0.25, -0.2) is 4.98 Å². The second-order valence-corrected chi connectivity index (χ2v) is 2.92. The van der Waals surface area contributed by atoms with Crippen LogP contribution in [0.25, 0.3) is 0 Å². The van der Waals surface area contributed by atoms with E-state index in [0.29, 0.717) is 5.92 Å². The highest BCUT2D eigenvalue weighted by Crippen LogP contribution is 2.38. The average molecular weight is 137 g/mol. The van der Waals surface area contributed by atoms with Gasteiger partial charge in [0.15, 0.2) is 0 Å². The Morgan fingerprint density at radius 2 is 2.20 bits per heavy atom. The summed E-state index contributed by atoms with van der Waals surface area (Å²) in [6.07, 6.45) is 2.60. The fourth-order valence-electron chi connectivity index (χ4n) is 1.23. The molecule has 1 aliphatic rings. The fourth-order valence-corrected chi connectivity index (χ4v) is 1.23. The van der Waals surface area contributed by atoms with E-state index in [9.17, 15) is 0 Å². The number of rotatable bonds is 1. The van der Waals surface area contributed by atoms with Gasteiger partial charge in [-0.1, -0.05) is 0 Å². The molecule has 1 saturated carbocycles. The lowest BCUT2D eigenvalue weighted by molar-refractivity contribution is 0.700. The first-order chi connectivity index (χ1) is 4.77. The predicted molar refractivity (Wildman–Crippen MR) is 37.7 cm³/mol. The maximum Gasteiger partial charge on any atom is 0.147 e. The van der Waals surface area contributed by atoms with E-state index in [1.54, 1.807) is 0 Å². The van der Waals surface area contributed by atoms with Crippen molar-refractivity contribution in [1.82, 2.24) is 14.8 Å². The van der Waals surface area contributed by atoms with Gasteiger partial charge in [0, 0.05) is 13.0 Å². The largest absolute Gasteiger partial charge is 0.253 e. The van der Waals surface area contributed by atoms with Crippen LogP contribution in [0.4, 0.5) is 0 Å². The van der Waals surface area contributed by atoms with E-state index in [-0.39, 0.29) is 0 Å². The van der Waals surface area contributed by atoms with Crippen LogP contribution in [0.1, 0.15) is 30.4 Å². The van der Waals surface area contributed by atoms with Gasteiger partial charge in [0.25, 0.3) is 0 Å². The van der Waals surface area contributed by atoms with Crippen LogP contribution >= 0.6 is 0 Å². The molecular formula is C7H11N3. The maximum absolute atomic E-state index is 4.32. The summed E-state index contributed by atoms with van der Waals surface area (Å²) in [7, 11) is 1.97. The van der Waals surface area contributed by atoms with Gasteiger partial charge in [0.2, 0.25) is 0 Å². The molecule has 0 saturated heterocycles. The summed E-state index contributed by atoms with van der Waals surface area (Å²) in [5.74, 6) is 2.77. The first kappa shape index (κ1) is 5.89. The van der Waals surface area contributed by atoms with E-state index in [1.807, 2.05) is 18.7 Å². The zero-order chi connectivity index (χ0) is 7.14. The third-order valence-corrected chi connectivity index (χ3v) is 1.85. The van der Waals surface area contributed by atoms with Gasteiger partial charge in [0.05, 0.1) is 0 Å². The normalized spacial score (nSPS) is 17.8. The Kier molecular flexibility index (Phi) is 1.07. The summed E-state index contributed by atoms with van der Waals surface area (Å²) >= 11 is 0. The van der Waals surface area contributed by atoms with Crippen molar-refractivity contribution in [3.63, 3.8) is 0 Å². The van der Waals surface area contributed by atoms with Crippen LogP contribution in [0.3, 0.4) is 0 Å². The highest BCUT2D eigenvalue weighted by molar-refractivity contribution is 5.05. The lowest BCUT2D eigenvalue weighted by atomic mass is 10.4. The van der Waals surface area contributed by atoms with Crippen molar-refractivity contribution in [2.45, 2.75) is 25.7 Å². The summed E-state index contributed by atoms with van der Waals surface area (Å²) in [5, 5.41) is 4.18. The van der Waals surface area contributed by atoms with Gasteiger partial charge in [0.1, 0.15) is 11.6 Å². The summed E-state index contributed by atoms with van der Waals surface area (Å²) in [4.78, 5) is 4.32. The average Bonchev–Trinajstić information content (AvgIpc) is 2.61. The smallest absolute Gasteiger partial charge is 0.147 e. The first-order valence-electron chi connectivity index (χ1n) is 3.65. The van der Waals surface area contributed by atoms with Crippen LogP contribution in [0, 0.1) is 6.92 Å². The number of hydrogen-bond acceptors (Lipinski definition) is 2. The topological polar surface area (TPSA) is 30.7 Å². The number of nitrogens with zero attached hydrogens (tertiary/aromatic N) is 3. The first-order valence-corrected chi connectivity index (χ1v) is 3.65. The highest BCUT2D eigenvalue weighted by atomic mass is 15.3. The molecule has 0 bridgehead atoms. The van der Waals surface area contributed by atoms with Crippen molar-refractivity contribution >= 4 is 0 Å². The molecule has 0 radical (unpaired) electrons. The molecule has 54 valence electrons. The Morgan fingerprint density at radius 1 is 1.50 bits per heavy atom. The number of aromatic nitrogens is 3. The van der Waals surface area contributed by atoms with Crippen molar-refractivity contribution in [1.29, 1.82) is 0 Å². The molecule has 0 aliphatic heterocycles. The molecule has 0 unspecified atom stereocenters. The van der Waals surface area contributed by atoms with E-state index >= 15 is 0 Å². The zero-order valence-electron chi connectivity index (χ0n) is 6.33. The molecule has 1 aromatic heterocycles. The molecule has 3 heteroatoms. The minimum atomic E-state index is 0.714. The van der Waals surface area contributed by atoms with Crippen molar-refractivity contribution in [3.8, 4) is 0 Å². The number of aryl methyl sites for hydroxylation is 2. The minimum absolute atomic E-state index is 0.714. The van der Waals surface area contributed by atoms with Crippen molar-refractivity contribution in [2.75, 3.05) is 0 Å². The fraction of sp³-hybridized carbons (Fsp3) is 0.714. The molecule has 1 aromatic rings. The molecule has 1 heterocycles. The minimum Gasteiger partial charge on any atom is -0.253 e. The molecule has 10 heavy (non-hydrogen) atoms. The van der Waals surface area contributed by atoms with Crippen LogP contribution < -0.4 is 0 Å². The quantitative estimate of drug-likeness (QED) is 0.578. The standard InChI is InChI=1S/C7H11N3/c1-5-8-7(6-3-4-6)10(2)9-5/h6H,3-4H2,1-2H3. The van der Waals surface area contributed by atoms with Crippen molar-refractivity contribution in [3.05, 3.63) is 11.6 Å². The zero-order valence-corrected chi connectivity index (χ0v) is 6.33. The molecule has 1 aliphatic carbocycles. The molecule has 3 nitrogen and oxygen atoms in total. The summed E-state index contributed by atoms with van der Waals surface area (Å²) < 4.78 is 1.90. The van der Waals surface area contributed by atoms with Gasteiger partial charge >= 0.3 is 0 Å². The predicted octanol–water partition coefficient (Wildman–Crippen LogP) is 1.00. The van der Waals surface area contributed by atoms with Crippen LogP contribution in [-0.2, 0) is 7.05 Å². The Hall–Kier alpha value is -0.860. The lowest BCUT2D eigenvalue weighted by Gasteiger charge is -1.92. The van der Waals surface area contributed by atoms with E-state index in [4.69, 9.17) is 0 Å². The molecule has 1 fully saturated rings. The third kappa shape index (κ3) is 0.818. The van der Waals surface area contributed by atoms with Crippen molar-refractivity contribution < 1.29 is 0 Å². The Bertz CT molecular complexity index is 247. The molecule has 0 amide bonds. The molecule has 2 rings (SSSR count). The van der Waals surface area contributed by atoms with Gasteiger partial charge in [-0.2, -0.15) is 5.10 Å². The van der Waals surface area contributed by atoms with Crippen LogP contribution in [-0.4, -0.2) is 14.8 Å². The second-order valence-electron chi connectivity index (χ2n) is 2.92. The Balaban J connectivity index is 2.38. The summed E-state index contributed by atoms with van der Waals surface area (Å²) in [6, 6.07) is 0. The van der Waals surface area contributed by atoms with E-state index in [0.717, 1.165) is 11.6 Å². The maximum atomic E-state index is 4.32. The highest BCUT2D eigenvalue weighted by Gasteiger charge is 2.28. The van der Waals surface area contributed by atoms with Gasteiger partial charge in [-0.15, -0.1) is 0 Å². The Morgan fingerprint density at radius 3 is 2.60 bits per heavy atom. The summed E-state index contributed by atoms with van der Waals surface area (Å²) in [6.45, 7) is 1.94. The van der Waals surface area contributed by atoms with Gasteiger partial charge in [-0.05, 0) is 19.8 Å².